The second-order valence-corrected chi connectivity index (χ2v) is 6.73. The predicted octanol–water partition coefficient (Wildman–Crippen LogP) is 0.932. The number of ether oxygens (including phenoxy) is 1. The maximum absolute atomic E-state index is 11.9. The molecule has 8 heteroatoms. The van der Waals surface area contributed by atoms with Crippen molar-refractivity contribution >= 4 is 23.2 Å². The van der Waals surface area contributed by atoms with E-state index in [-0.39, 0.29) is 18.4 Å². The number of hydrogen-bond donors (Lipinski definition) is 2. The molecule has 0 aromatic carbocycles. The minimum absolute atomic E-state index is 0.0939. The van der Waals surface area contributed by atoms with Gasteiger partial charge in [0.2, 0.25) is 5.91 Å². The summed E-state index contributed by atoms with van der Waals surface area (Å²) >= 11 is -2.42. The number of hydrogen-bond acceptors (Lipinski definition) is 5. The predicted molar refractivity (Wildman–Crippen MR) is 78.8 cm³/mol. The fourth-order valence-electron chi connectivity index (χ4n) is 3.48. The van der Waals surface area contributed by atoms with Crippen LogP contribution in [0, 0.1) is 11.8 Å². The first-order valence-electron chi connectivity index (χ1n) is 7.17. The monoisotopic (exact) mass is 331 g/mol. The van der Waals surface area contributed by atoms with Crippen LogP contribution >= 0.6 is 0 Å². The Bertz CT molecular complexity index is 521. The second kappa shape index (κ2) is 6.47. The van der Waals surface area contributed by atoms with Gasteiger partial charge >= 0.3 is 17.3 Å². The van der Waals surface area contributed by atoms with Crippen LogP contribution in [0.5, 0.6) is 0 Å². The van der Waals surface area contributed by atoms with Crippen LogP contribution in [0.4, 0.5) is 0 Å². The van der Waals surface area contributed by atoms with Crippen molar-refractivity contribution in [1.29, 1.82) is 0 Å². The van der Waals surface area contributed by atoms with E-state index in [1.807, 2.05) is 0 Å². The Morgan fingerprint density at radius 2 is 2.14 bits per heavy atom. The SMILES string of the molecule is C=C(C)C(=O)NCC(=O)OC1C2CCC(C2)C1(C)OS(=O)O. The first-order valence-corrected chi connectivity index (χ1v) is 8.20. The molecule has 2 fully saturated rings. The topological polar surface area (TPSA) is 102 Å². The van der Waals surface area contributed by atoms with Crippen LogP contribution in [0.1, 0.15) is 33.1 Å². The van der Waals surface area contributed by atoms with E-state index in [9.17, 15) is 13.8 Å². The van der Waals surface area contributed by atoms with Crippen LogP contribution in [0.25, 0.3) is 0 Å². The maximum atomic E-state index is 11.9. The molecular formula is C14H21NO6S. The lowest BCUT2D eigenvalue weighted by Crippen LogP contribution is -2.50. The molecule has 2 aliphatic rings. The van der Waals surface area contributed by atoms with Crippen LogP contribution in [0.3, 0.4) is 0 Å². The molecule has 0 spiro atoms. The van der Waals surface area contributed by atoms with Crippen molar-refractivity contribution in [3.05, 3.63) is 12.2 Å². The average Bonchev–Trinajstić information content (AvgIpc) is 2.97. The molecule has 22 heavy (non-hydrogen) atoms. The number of rotatable bonds is 6. The van der Waals surface area contributed by atoms with Gasteiger partial charge in [0.25, 0.3) is 0 Å². The number of nitrogens with one attached hydrogen (secondary N) is 1. The van der Waals surface area contributed by atoms with Crippen molar-refractivity contribution in [2.24, 2.45) is 11.8 Å². The van der Waals surface area contributed by atoms with Crippen molar-refractivity contribution in [3.63, 3.8) is 0 Å². The molecule has 5 atom stereocenters. The summed E-state index contributed by atoms with van der Waals surface area (Å²) in [6.07, 6.45) is 2.02. The quantitative estimate of drug-likeness (QED) is 0.426. The molecule has 0 aromatic heterocycles. The Labute approximate surface area is 131 Å². The van der Waals surface area contributed by atoms with Gasteiger partial charge < -0.3 is 10.1 Å². The molecule has 0 radical (unpaired) electrons. The van der Waals surface area contributed by atoms with Crippen LogP contribution < -0.4 is 5.32 Å². The summed E-state index contributed by atoms with van der Waals surface area (Å²) in [5, 5.41) is 2.40. The molecule has 0 aromatic rings. The Morgan fingerprint density at radius 1 is 1.45 bits per heavy atom. The summed E-state index contributed by atoms with van der Waals surface area (Å²) in [5.41, 5.74) is -0.659. The molecule has 0 aliphatic heterocycles. The molecule has 2 bridgehead atoms. The van der Waals surface area contributed by atoms with Gasteiger partial charge in [-0.25, -0.2) is 0 Å². The second-order valence-electron chi connectivity index (χ2n) is 6.13. The van der Waals surface area contributed by atoms with Crippen molar-refractivity contribution in [2.75, 3.05) is 6.54 Å². The highest BCUT2D eigenvalue weighted by atomic mass is 32.2. The Morgan fingerprint density at radius 3 is 2.73 bits per heavy atom. The molecular weight excluding hydrogens is 310 g/mol. The third kappa shape index (κ3) is 3.39. The van der Waals surface area contributed by atoms with Crippen LogP contribution in [0.15, 0.2) is 12.2 Å². The van der Waals surface area contributed by atoms with E-state index in [2.05, 4.69) is 11.9 Å². The van der Waals surface area contributed by atoms with E-state index in [1.165, 1.54) is 6.92 Å². The lowest BCUT2D eigenvalue weighted by Gasteiger charge is -2.38. The molecule has 7 nitrogen and oxygen atoms in total. The van der Waals surface area contributed by atoms with E-state index < -0.39 is 34.9 Å². The van der Waals surface area contributed by atoms with Crippen LogP contribution in [-0.2, 0) is 29.9 Å². The number of amides is 1. The molecule has 0 saturated heterocycles. The Balaban J connectivity index is 1.98. The standard InChI is InChI=1S/C14H21NO6S/c1-8(2)13(17)15-7-11(16)20-12-9-4-5-10(6-9)14(12,3)21-22(18)19/h9-10,12H,1,4-7H2,2-3H3,(H,15,17)(H,18,19). The molecule has 2 N–H and O–H groups in total. The smallest absolute Gasteiger partial charge is 0.325 e. The number of esters is 1. The van der Waals surface area contributed by atoms with Gasteiger partial charge in [-0.15, -0.1) is 0 Å². The molecule has 0 heterocycles. The minimum atomic E-state index is -2.42. The molecule has 1 amide bonds. The van der Waals surface area contributed by atoms with Gasteiger partial charge in [-0.2, -0.15) is 4.21 Å². The molecule has 2 saturated carbocycles. The zero-order chi connectivity index (χ0) is 16.5. The normalized spacial score (nSPS) is 34.2. The number of carbonyl (C=O) groups excluding carboxylic acids is 2. The maximum Gasteiger partial charge on any atom is 0.325 e. The number of fused-ring (bicyclic) bond motifs is 2. The number of carbonyl (C=O) groups is 2. The highest BCUT2D eigenvalue weighted by Gasteiger charge is 2.59. The van der Waals surface area contributed by atoms with Gasteiger partial charge in [-0.1, -0.05) is 6.58 Å². The van der Waals surface area contributed by atoms with Crippen LogP contribution in [0.2, 0.25) is 0 Å². The molecule has 124 valence electrons. The third-order valence-corrected chi connectivity index (χ3v) is 5.07. The third-order valence-electron chi connectivity index (χ3n) is 4.57. The molecule has 2 rings (SSSR count). The lowest BCUT2D eigenvalue weighted by molar-refractivity contribution is -0.165. The average molecular weight is 331 g/mol. The lowest BCUT2D eigenvalue weighted by atomic mass is 9.83. The zero-order valence-electron chi connectivity index (χ0n) is 12.7. The summed E-state index contributed by atoms with van der Waals surface area (Å²) in [6.45, 7) is 6.45. The summed E-state index contributed by atoms with van der Waals surface area (Å²) < 4.78 is 30.7. The largest absolute Gasteiger partial charge is 0.458 e. The first-order chi connectivity index (χ1) is 10.2. The van der Waals surface area contributed by atoms with Crippen LogP contribution in [-0.4, -0.2) is 38.9 Å². The highest BCUT2D eigenvalue weighted by Crippen LogP contribution is 2.54. The molecule has 2 aliphatic carbocycles. The van der Waals surface area contributed by atoms with Gasteiger partial charge in [-0.3, -0.25) is 18.3 Å². The van der Waals surface area contributed by atoms with Crippen molar-refractivity contribution in [3.8, 4) is 0 Å². The van der Waals surface area contributed by atoms with E-state index >= 15 is 0 Å². The van der Waals surface area contributed by atoms with Gasteiger partial charge in [0.05, 0.1) is 0 Å². The summed E-state index contributed by atoms with van der Waals surface area (Å²) in [6, 6.07) is 0. The van der Waals surface area contributed by atoms with Crippen molar-refractivity contribution in [2.45, 2.75) is 44.8 Å². The van der Waals surface area contributed by atoms with Crippen molar-refractivity contribution < 1.29 is 27.3 Å². The summed E-state index contributed by atoms with van der Waals surface area (Å²) in [4.78, 5) is 23.3. The Hall–Kier alpha value is -1.25. The van der Waals surface area contributed by atoms with Gasteiger partial charge in [0.1, 0.15) is 18.2 Å². The van der Waals surface area contributed by atoms with E-state index in [1.54, 1.807) is 6.92 Å². The van der Waals surface area contributed by atoms with Crippen molar-refractivity contribution in [1.82, 2.24) is 5.32 Å². The van der Waals surface area contributed by atoms with Gasteiger partial charge in [-0.05, 0) is 44.9 Å². The zero-order valence-corrected chi connectivity index (χ0v) is 13.5. The van der Waals surface area contributed by atoms with Gasteiger partial charge in [0.15, 0.2) is 0 Å². The fourth-order valence-corrected chi connectivity index (χ4v) is 4.02. The fraction of sp³-hybridized carbons (Fsp3) is 0.714. The highest BCUT2D eigenvalue weighted by molar-refractivity contribution is 7.74. The molecule has 5 unspecified atom stereocenters. The minimum Gasteiger partial charge on any atom is -0.458 e. The Kier molecular flexibility index (Phi) is 5.03. The summed E-state index contributed by atoms with van der Waals surface area (Å²) in [7, 11) is 0. The first kappa shape index (κ1) is 17.1. The van der Waals surface area contributed by atoms with Gasteiger partial charge in [0, 0.05) is 5.57 Å². The summed E-state index contributed by atoms with van der Waals surface area (Å²) in [5.74, 6) is -0.790. The van der Waals surface area contributed by atoms with E-state index in [0.717, 1.165) is 19.3 Å². The van der Waals surface area contributed by atoms with E-state index in [0.29, 0.717) is 5.57 Å². The van der Waals surface area contributed by atoms with E-state index in [4.69, 9.17) is 13.5 Å².